The van der Waals surface area contributed by atoms with Gasteiger partial charge in [0.1, 0.15) is 0 Å². The molecule has 1 nitrogen and oxygen atoms in total. The van der Waals surface area contributed by atoms with Crippen LogP contribution in [0.25, 0.3) is 21.7 Å². The highest BCUT2D eigenvalue weighted by Gasteiger charge is 2.05. The van der Waals surface area contributed by atoms with Crippen molar-refractivity contribution in [1.29, 1.82) is 0 Å². The predicted molar refractivity (Wildman–Crippen MR) is 69.0 cm³/mol. The second-order valence-corrected chi connectivity index (χ2v) is 4.34. The van der Waals surface area contributed by atoms with E-state index >= 15 is 0 Å². The Morgan fingerprint density at radius 2 is 1.81 bits per heavy atom. The third kappa shape index (κ3) is 1.36. The number of hydrogen-bond acceptors (Lipinski definition) is 1. The van der Waals surface area contributed by atoms with Gasteiger partial charge >= 0.3 is 0 Å². The Bertz CT molecular complexity index is 689. The van der Waals surface area contributed by atoms with Crippen LogP contribution in [-0.2, 0) is 0 Å². The topological polar surface area (TPSA) is 12.9 Å². The number of fused-ring (bicyclic) bond motifs is 3. The van der Waals surface area contributed by atoms with Gasteiger partial charge in [0, 0.05) is 16.5 Å². The summed E-state index contributed by atoms with van der Waals surface area (Å²) < 4.78 is 0. The number of benzene rings is 2. The standard InChI is InChI=1S/C14H10ClN/c1-9-8-13(15)12-7-6-10-4-2-3-5-11(10)14(12)16-9/h2-8H,1H3. The van der Waals surface area contributed by atoms with Crippen molar-refractivity contribution < 1.29 is 0 Å². The van der Waals surface area contributed by atoms with E-state index in [1.807, 2.05) is 31.2 Å². The van der Waals surface area contributed by atoms with Crippen molar-refractivity contribution in [3.05, 3.63) is 53.2 Å². The monoisotopic (exact) mass is 227 g/mol. The van der Waals surface area contributed by atoms with E-state index in [0.717, 1.165) is 27.0 Å². The van der Waals surface area contributed by atoms with Gasteiger partial charge in [-0.05, 0) is 18.4 Å². The van der Waals surface area contributed by atoms with Crippen molar-refractivity contribution in [3.63, 3.8) is 0 Å². The van der Waals surface area contributed by atoms with Crippen LogP contribution in [0.2, 0.25) is 5.02 Å². The Morgan fingerprint density at radius 1 is 1.00 bits per heavy atom. The average molecular weight is 228 g/mol. The fourth-order valence-electron chi connectivity index (χ4n) is 2.04. The fourth-order valence-corrected chi connectivity index (χ4v) is 2.35. The van der Waals surface area contributed by atoms with Crippen molar-refractivity contribution in [2.45, 2.75) is 6.92 Å². The molecule has 2 aromatic carbocycles. The number of rotatable bonds is 0. The van der Waals surface area contributed by atoms with Crippen molar-refractivity contribution >= 4 is 33.3 Å². The van der Waals surface area contributed by atoms with Gasteiger partial charge in [0.15, 0.2) is 0 Å². The lowest BCUT2D eigenvalue weighted by atomic mass is 10.1. The van der Waals surface area contributed by atoms with Crippen LogP contribution < -0.4 is 0 Å². The van der Waals surface area contributed by atoms with Gasteiger partial charge in [-0.2, -0.15) is 0 Å². The zero-order chi connectivity index (χ0) is 11.1. The second-order valence-electron chi connectivity index (χ2n) is 3.93. The summed E-state index contributed by atoms with van der Waals surface area (Å²) in [6.07, 6.45) is 0. The Hall–Kier alpha value is -1.60. The maximum atomic E-state index is 6.22. The quantitative estimate of drug-likeness (QED) is 0.521. The lowest BCUT2D eigenvalue weighted by Crippen LogP contribution is -1.86. The first-order chi connectivity index (χ1) is 7.75. The number of hydrogen-bond donors (Lipinski definition) is 0. The molecule has 0 unspecified atom stereocenters. The van der Waals surface area contributed by atoms with Crippen LogP contribution in [0.3, 0.4) is 0 Å². The van der Waals surface area contributed by atoms with E-state index in [0.29, 0.717) is 0 Å². The molecule has 3 rings (SSSR count). The number of pyridine rings is 1. The highest BCUT2D eigenvalue weighted by Crippen LogP contribution is 2.29. The highest BCUT2D eigenvalue weighted by atomic mass is 35.5. The third-order valence-electron chi connectivity index (χ3n) is 2.78. The molecule has 0 aliphatic carbocycles. The van der Waals surface area contributed by atoms with Crippen LogP contribution in [-0.4, -0.2) is 4.98 Å². The molecule has 0 aliphatic heterocycles. The average Bonchev–Trinajstić information content (AvgIpc) is 2.28. The van der Waals surface area contributed by atoms with Crippen molar-refractivity contribution in [2.75, 3.05) is 0 Å². The first-order valence-corrected chi connectivity index (χ1v) is 5.58. The first-order valence-electron chi connectivity index (χ1n) is 5.20. The minimum Gasteiger partial charge on any atom is -0.252 e. The Balaban J connectivity index is 2.59. The van der Waals surface area contributed by atoms with Gasteiger partial charge in [-0.3, -0.25) is 4.98 Å². The van der Waals surface area contributed by atoms with Gasteiger partial charge in [0.05, 0.1) is 10.5 Å². The molecule has 1 aromatic heterocycles. The van der Waals surface area contributed by atoms with E-state index in [1.54, 1.807) is 0 Å². The molecule has 0 fully saturated rings. The van der Waals surface area contributed by atoms with Crippen molar-refractivity contribution in [1.82, 2.24) is 4.98 Å². The molecule has 2 heteroatoms. The van der Waals surface area contributed by atoms with Crippen LogP contribution in [0.4, 0.5) is 0 Å². The molecular formula is C14H10ClN. The lowest BCUT2D eigenvalue weighted by Gasteiger charge is -2.05. The fraction of sp³-hybridized carbons (Fsp3) is 0.0714. The minimum absolute atomic E-state index is 0.772. The number of nitrogens with zero attached hydrogens (tertiary/aromatic N) is 1. The number of halogens is 1. The molecule has 0 N–H and O–H groups in total. The van der Waals surface area contributed by atoms with Gasteiger partial charge in [-0.1, -0.05) is 48.0 Å². The second kappa shape index (κ2) is 3.46. The van der Waals surface area contributed by atoms with Crippen LogP contribution >= 0.6 is 11.6 Å². The van der Waals surface area contributed by atoms with E-state index in [4.69, 9.17) is 11.6 Å². The minimum atomic E-state index is 0.772. The largest absolute Gasteiger partial charge is 0.252 e. The van der Waals surface area contributed by atoms with E-state index in [1.165, 1.54) is 5.39 Å². The van der Waals surface area contributed by atoms with Gasteiger partial charge in [0.25, 0.3) is 0 Å². The lowest BCUT2D eigenvalue weighted by molar-refractivity contribution is 1.26. The molecule has 0 spiro atoms. The van der Waals surface area contributed by atoms with Gasteiger partial charge < -0.3 is 0 Å². The molecule has 0 saturated carbocycles. The maximum absolute atomic E-state index is 6.22. The van der Waals surface area contributed by atoms with Crippen LogP contribution in [0, 0.1) is 6.92 Å². The van der Waals surface area contributed by atoms with Crippen LogP contribution in [0.5, 0.6) is 0 Å². The summed E-state index contributed by atoms with van der Waals surface area (Å²) in [6.45, 7) is 1.97. The molecule has 0 radical (unpaired) electrons. The molecule has 0 bridgehead atoms. The molecule has 3 aromatic rings. The summed E-state index contributed by atoms with van der Waals surface area (Å²) in [4.78, 5) is 4.58. The number of aryl methyl sites for hydroxylation is 1. The normalized spacial score (nSPS) is 11.1. The van der Waals surface area contributed by atoms with E-state index < -0.39 is 0 Å². The van der Waals surface area contributed by atoms with E-state index in [-0.39, 0.29) is 0 Å². The summed E-state index contributed by atoms with van der Waals surface area (Å²) in [5.74, 6) is 0. The van der Waals surface area contributed by atoms with E-state index in [2.05, 4.69) is 23.2 Å². The summed E-state index contributed by atoms with van der Waals surface area (Å²) in [5, 5.41) is 4.15. The van der Waals surface area contributed by atoms with Crippen molar-refractivity contribution in [3.8, 4) is 0 Å². The van der Waals surface area contributed by atoms with Crippen molar-refractivity contribution in [2.24, 2.45) is 0 Å². The predicted octanol–water partition coefficient (Wildman–Crippen LogP) is 4.35. The maximum Gasteiger partial charge on any atom is 0.0798 e. The Morgan fingerprint density at radius 3 is 2.69 bits per heavy atom. The molecule has 78 valence electrons. The van der Waals surface area contributed by atoms with E-state index in [9.17, 15) is 0 Å². The first kappa shape index (κ1) is 9.61. The summed E-state index contributed by atoms with van der Waals surface area (Å²) >= 11 is 6.22. The van der Waals surface area contributed by atoms with Gasteiger partial charge in [-0.15, -0.1) is 0 Å². The summed E-state index contributed by atoms with van der Waals surface area (Å²) in [5.41, 5.74) is 1.94. The zero-order valence-electron chi connectivity index (χ0n) is 8.87. The molecule has 0 aliphatic rings. The molecular weight excluding hydrogens is 218 g/mol. The molecule has 0 atom stereocenters. The van der Waals surface area contributed by atoms with Crippen LogP contribution in [0.1, 0.15) is 5.69 Å². The molecule has 0 saturated heterocycles. The summed E-state index contributed by atoms with van der Waals surface area (Å²) in [6, 6.07) is 14.3. The smallest absolute Gasteiger partial charge is 0.0798 e. The van der Waals surface area contributed by atoms with Gasteiger partial charge in [-0.25, -0.2) is 0 Å². The Labute approximate surface area is 98.7 Å². The van der Waals surface area contributed by atoms with Crippen LogP contribution in [0.15, 0.2) is 42.5 Å². The zero-order valence-corrected chi connectivity index (χ0v) is 9.62. The third-order valence-corrected chi connectivity index (χ3v) is 3.09. The van der Waals surface area contributed by atoms with Gasteiger partial charge in [0.2, 0.25) is 0 Å². The Kier molecular flexibility index (Phi) is 2.08. The molecule has 0 amide bonds. The molecule has 1 heterocycles. The highest BCUT2D eigenvalue weighted by molar-refractivity contribution is 6.36. The summed E-state index contributed by atoms with van der Waals surface area (Å²) in [7, 11) is 0. The molecule has 16 heavy (non-hydrogen) atoms. The SMILES string of the molecule is Cc1cc(Cl)c2ccc3ccccc3c2n1. The number of aromatic nitrogens is 1.